The van der Waals surface area contributed by atoms with E-state index in [1.165, 1.54) is 17.5 Å². The highest BCUT2D eigenvalue weighted by Gasteiger charge is 2.24. The lowest BCUT2D eigenvalue weighted by molar-refractivity contribution is 0.0948. The lowest BCUT2D eigenvalue weighted by atomic mass is 10.3. The number of nitrogens with zero attached hydrogens (tertiary/aromatic N) is 4. The number of hydrogen-bond acceptors (Lipinski definition) is 6. The van der Waals surface area contributed by atoms with Gasteiger partial charge in [0.1, 0.15) is 0 Å². The van der Waals surface area contributed by atoms with E-state index in [0.29, 0.717) is 16.7 Å². The van der Waals surface area contributed by atoms with Crippen LogP contribution in [0.5, 0.6) is 0 Å². The molecule has 2 aromatic heterocycles. The Morgan fingerprint density at radius 2 is 2.00 bits per heavy atom. The van der Waals surface area contributed by atoms with Gasteiger partial charge in [0.15, 0.2) is 5.13 Å². The maximum absolute atomic E-state index is 12.9. The van der Waals surface area contributed by atoms with E-state index in [0.717, 1.165) is 29.9 Å². The van der Waals surface area contributed by atoms with E-state index in [-0.39, 0.29) is 24.1 Å². The lowest BCUT2D eigenvalue weighted by Crippen LogP contribution is -2.38. The minimum Gasteiger partial charge on any atom is -0.351 e. The van der Waals surface area contributed by atoms with Crippen molar-refractivity contribution in [3.05, 3.63) is 41.2 Å². The van der Waals surface area contributed by atoms with Gasteiger partial charge in [0.05, 0.1) is 16.4 Å². The first-order chi connectivity index (χ1) is 12.1. The predicted octanol–water partition coefficient (Wildman–Crippen LogP) is 4.35. The molecule has 0 saturated carbocycles. The highest BCUT2D eigenvalue weighted by Crippen LogP contribution is 2.31. The molecule has 26 heavy (non-hydrogen) atoms. The van der Waals surface area contributed by atoms with Crippen molar-refractivity contribution in [1.29, 1.82) is 0 Å². The molecule has 0 fully saturated rings. The Kier molecular flexibility index (Phi) is 7.40. The molecule has 0 radical (unpaired) electrons. The van der Waals surface area contributed by atoms with Gasteiger partial charge in [-0.2, -0.15) is 0 Å². The van der Waals surface area contributed by atoms with Gasteiger partial charge >= 0.3 is 0 Å². The summed E-state index contributed by atoms with van der Waals surface area (Å²) < 4.78 is 6.00. The summed E-state index contributed by atoms with van der Waals surface area (Å²) in [7, 11) is 0. The van der Waals surface area contributed by atoms with Crippen LogP contribution in [0.1, 0.15) is 24.4 Å². The van der Waals surface area contributed by atoms with Crippen molar-refractivity contribution in [2.24, 2.45) is 0 Å². The third kappa shape index (κ3) is 4.54. The highest BCUT2D eigenvalue weighted by molar-refractivity contribution is 7.22. The zero-order valence-electron chi connectivity index (χ0n) is 14.5. The second-order valence-corrected chi connectivity index (χ2v) is 6.91. The second-order valence-electron chi connectivity index (χ2n) is 5.47. The molecule has 6 nitrogen and oxygen atoms in total. The normalized spacial score (nSPS) is 10.9. The van der Waals surface area contributed by atoms with Crippen LogP contribution in [0.4, 0.5) is 5.13 Å². The van der Waals surface area contributed by atoms with E-state index in [2.05, 4.69) is 28.9 Å². The molecule has 0 aliphatic rings. The van der Waals surface area contributed by atoms with Gasteiger partial charge in [-0.05, 0) is 31.3 Å². The van der Waals surface area contributed by atoms with Gasteiger partial charge in [0, 0.05) is 24.2 Å². The lowest BCUT2D eigenvalue weighted by Gasteiger charge is -2.23. The number of likely N-dealkylation sites (N-methyl/N-ethyl adjacent to an activating group) is 1. The first kappa shape index (κ1) is 20.6. The van der Waals surface area contributed by atoms with Gasteiger partial charge in [0.2, 0.25) is 5.76 Å². The van der Waals surface area contributed by atoms with Crippen LogP contribution in [0.25, 0.3) is 10.2 Å². The first-order valence-electron chi connectivity index (χ1n) is 8.13. The van der Waals surface area contributed by atoms with E-state index < -0.39 is 0 Å². The number of aromatic nitrogens is 2. The summed E-state index contributed by atoms with van der Waals surface area (Å²) in [5, 5.41) is 4.92. The van der Waals surface area contributed by atoms with E-state index in [9.17, 15) is 4.79 Å². The van der Waals surface area contributed by atoms with Gasteiger partial charge in [-0.1, -0.05) is 41.9 Å². The average Bonchev–Trinajstić information content (AvgIpc) is 3.27. The highest BCUT2D eigenvalue weighted by atomic mass is 35.5. The quantitative estimate of drug-likeness (QED) is 0.574. The monoisotopic (exact) mass is 414 g/mol. The van der Waals surface area contributed by atoms with Crippen LogP contribution in [0.3, 0.4) is 0 Å². The summed E-state index contributed by atoms with van der Waals surface area (Å²) >= 11 is 7.50. The number of anilines is 1. The van der Waals surface area contributed by atoms with Crippen molar-refractivity contribution >= 4 is 56.6 Å². The number of carbonyl (C=O) groups excluding carboxylic acids is 1. The Bertz CT molecular complexity index is 850. The largest absolute Gasteiger partial charge is 0.351 e. The molecule has 0 bridgehead atoms. The molecule has 0 aliphatic heterocycles. The minimum atomic E-state index is -0.241. The van der Waals surface area contributed by atoms with E-state index in [4.69, 9.17) is 16.1 Å². The standard InChI is InChI=1S/C17H19ClN4O2S.ClH/c1-3-21(4-2)9-10-22(16(23)14-7-8-19-24-14)17-20-13-6-5-12(18)11-15(13)25-17;/h5-8,11H,3-4,9-10H2,1-2H3;1H. The molecule has 140 valence electrons. The Labute approximate surface area is 167 Å². The van der Waals surface area contributed by atoms with Crippen molar-refractivity contribution in [2.75, 3.05) is 31.1 Å². The Balaban J connectivity index is 0.00000243. The third-order valence-corrected chi connectivity index (χ3v) is 5.27. The van der Waals surface area contributed by atoms with Gasteiger partial charge in [0.25, 0.3) is 5.91 Å². The molecule has 0 N–H and O–H groups in total. The summed E-state index contributed by atoms with van der Waals surface area (Å²) in [4.78, 5) is 21.4. The molecular weight excluding hydrogens is 395 g/mol. The predicted molar refractivity (Wildman–Crippen MR) is 108 cm³/mol. The van der Waals surface area contributed by atoms with Gasteiger partial charge < -0.3 is 9.42 Å². The van der Waals surface area contributed by atoms with Crippen LogP contribution in [0.15, 0.2) is 35.0 Å². The van der Waals surface area contributed by atoms with E-state index >= 15 is 0 Å². The van der Waals surface area contributed by atoms with Crippen LogP contribution in [-0.4, -0.2) is 47.1 Å². The molecule has 0 spiro atoms. The number of thiazole rings is 1. The molecule has 0 unspecified atom stereocenters. The number of rotatable bonds is 7. The zero-order valence-corrected chi connectivity index (χ0v) is 16.9. The van der Waals surface area contributed by atoms with E-state index in [1.807, 2.05) is 12.1 Å². The maximum Gasteiger partial charge on any atom is 0.298 e. The second kappa shape index (κ2) is 9.32. The van der Waals surface area contributed by atoms with Crippen LogP contribution < -0.4 is 4.90 Å². The molecule has 2 heterocycles. The molecule has 9 heteroatoms. The van der Waals surface area contributed by atoms with Crippen LogP contribution in [-0.2, 0) is 0 Å². The third-order valence-electron chi connectivity index (χ3n) is 4.00. The number of amides is 1. The Morgan fingerprint density at radius 3 is 2.65 bits per heavy atom. The number of halogens is 2. The number of hydrogen-bond donors (Lipinski definition) is 0. The average molecular weight is 415 g/mol. The number of fused-ring (bicyclic) bond motifs is 1. The molecule has 1 amide bonds. The van der Waals surface area contributed by atoms with Crippen molar-refractivity contribution in [3.8, 4) is 0 Å². The van der Waals surface area contributed by atoms with Gasteiger partial charge in [-0.3, -0.25) is 9.69 Å². The SMILES string of the molecule is CCN(CC)CCN(C(=O)c1ccno1)c1nc2ccc(Cl)cc2s1.Cl. The molecule has 3 rings (SSSR count). The van der Waals surface area contributed by atoms with Gasteiger partial charge in [-0.15, -0.1) is 12.4 Å². The number of benzene rings is 1. The maximum atomic E-state index is 12.9. The van der Waals surface area contributed by atoms with Gasteiger partial charge in [-0.25, -0.2) is 4.98 Å². The fourth-order valence-electron chi connectivity index (χ4n) is 2.53. The number of carbonyl (C=O) groups is 1. The zero-order chi connectivity index (χ0) is 17.8. The molecule has 0 aliphatic carbocycles. The molecule has 3 aromatic rings. The van der Waals surface area contributed by atoms with Crippen LogP contribution in [0.2, 0.25) is 5.02 Å². The molecule has 0 saturated heterocycles. The summed E-state index contributed by atoms with van der Waals surface area (Å²) in [6.45, 7) is 7.34. The fourth-order valence-corrected chi connectivity index (χ4v) is 3.79. The molecule has 1 aromatic carbocycles. The van der Waals surface area contributed by atoms with Crippen molar-refractivity contribution in [1.82, 2.24) is 15.0 Å². The topological polar surface area (TPSA) is 62.5 Å². The van der Waals surface area contributed by atoms with Crippen molar-refractivity contribution in [3.63, 3.8) is 0 Å². The molecular formula is C17H20Cl2N4O2S. The summed E-state index contributed by atoms with van der Waals surface area (Å²) in [6, 6.07) is 7.08. The Hall–Kier alpha value is -1.67. The minimum absolute atomic E-state index is 0. The Morgan fingerprint density at radius 1 is 1.23 bits per heavy atom. The van der Waals surface area contributed by atoms with Crippen molar-refractivity contribution < 1.29 is 9.32 Å². The summed E-state index contributed by atoms with van der Waals surface area (Å²) in [6.07, 6.45) is 1.47. The first-order valence-corrected chi connectivity index (χ1v) is 9.32. The smallest absolute Gasteiger partial charge is 0.298 e. The van der Waals surface area contributed by atoms with Crippen LogP contribution >= 0.6 is 35.3 Å². The van der Waals surface area contributed by atoms with Crippen molar-refractivity contribution in [2.45, 2.75) is 13.8 Å². The van der Waals surface area contributed by atoms with E-state index in [1.54, 1.807) is 17.0 Å². The summed E-state index contributed by atoms with van der Waals surface area (Å²) in [5.41, 5.74) is 0.822. The summed E-state index contributed by atoms with van der Waals surface area (Å²) in [5.74, 6) is -0.0355. The fraction of sp³-hybridized carbons (Fsp3) is 0.353. The van der Waals surface area contributed by atoms with Crippen LogP contribution in [0, 0.1) is 0 Å². The molecule has 0 atom stereocenters.